The Balaban J connectivity index is 1.84. The highest BCUT2D eigenvalue weighted by Crippen LogP contribution is 2.38. The van der Waals surface area contributed by atoms with Gasteiger partial charge in [0, 0.05) is 46.7 Å². The molecular weight excluding hydrogens is 448 g/mol. The molecule has 3 aromatic heterocycles. The fourth-order valence-electron chi connectivity index (χ4n) is 3.44. The molecule has 0 bridgehead atoms. The molecule has 0 fully saturated rings. The van der Waals surface area contributed by atoms with Crippen LogP contribution in [0.5, 0.6) is 0 Å². The van der Waals surface area contributed by atoms with Crippen LogP contribution in [0.4, 0.5) is 10.1 Å². The summed E-state index contributed by atoms with van der Waals surface area (Å²) in [6.07, 6.45) is 6.47. The van der Waals surface area contributed by atoms with Crippen LogP contribution in [0.2, 0.25) is 5.02 Å². The molecule has 0 saturated carbocycles. The van der Waals surface area contributed by atoms with Gasteiger partial charge >= 0.3 is 0 Å². The van der Waals surface area contributed by atoms with Gasteiger partial charge in [-0.3, -0.25) is 9.97 Å². The molecule has 0 spiro atoms. The summed E-state index contributed by atoms with van der Waals surface area (Å²) in [5.41, 5.74) is 4.07. The second kappa shape index (κ2) is 8.57. The molecule has 3 heterocycles. The number of anilines is 1. The number of aromatic nitrogens is 4. The third kappa shape index (κ3) is 4.36. The molecule has 0 aliphatic carbocycles. The lowest BCUT2D eigenvalue weighted by Gasteiger charge is -2.19. The Morgan fingerprint density at radius 2 is 1.84 bits per heavy atom. The lowest BCUT2D eigenvalue weighted by atomic mass is 10.0. The zero-order valence-corrected chi connectivity index (χ0v) is 19.7. The summed E-state index contributed by atoms with van der Waals surface area (Å²) in [6, 6.07) is 6.38. The molecule has 1 atom stereocenters. The molecule has 1 N–H and O–H groups in total. The Morgan fingerprint density at radius 1 is 1.12 bits per heavy atom. The van der Waals surface area contributed by atoms with Crippen LogP contribution in [0, 0.1) is 12.7 Å². The Morgan fingerprint density at radius 3 is 2.47 bits per heavy atom. The van der Waals surface area contributed by atoms with Crippen molar-refractivity contribution in [2.75, 3.05) is 18.6 Å². The van der Waals surface area contributed by atoms with Gasteiger partial charge in [0.05, 0.1) is 33.4 Å². The smallest absolute Gasteiger partial charge is 0.133 e. The molecule has 0 amide bonds. The second-order valence-corrected chi connectivity index (χ2v) is 11.6. The van der Waals surface area contributed by atoms with E-state index in [0.29, 0.717) is 43.9 Å². The first kappa shape index (κ1) is 22.3. The van der Waals surface area contributed by atoms with Gasteiger partial charge in [0.1, 0.15) is 19.3 Å². The van der Waals surface area contributed by atoms with Crippen molar-refractivity contribution in [3.05, 3.63) is 71.3 Å². The first-order chi connectivity index (χ1) is 15.1. The SMILES string of the molecule is Cc1nc2cc(F)c(-c3ccc(P(C)(C)=O)nc3)cc2c(N[C@H](C)c2cncnc2)c1Cl. The number of hydrogen-bond donors (Lipinski definition) is 1. The van der Waals surface area contributed by atoms with Crippen molar-refractivity contribution >= 4 is 40.8 Å². The summed E-state index contributed by atoms with van der Waals surface area (Å²) in [5.74, 6) is -0.423. The lowest BCUT2D eigenvalue weighted by Crippen LogP contribution is -2.09. The number of aryl methyl sites for hydroxylation is 1. The van der Waals surface area contributed by atoms with Gasteiger partial charge in [-0.05, 0) is 39.3 Å². The molecule has 1 aromatic carbocycles. The molecule has 32 heavy (non-hydrogen) atoms. The third-order valence-corrected chi connectivity index (χ3v) is 7.06. The number of hydrogen-bond acceptors (Lipinski definition) is 6. The van der Waals surface area contributed by atoms with Crippen molar-refractivity contribution < 1.29 is 8.96 Å². The number of nitrogens with zero attached hydrogens (tertiary/aromatic N) is 4. The van der Waals surface area contributed by atoms with Gasteiger partial charge in [-0.15, -0.1) is 0 Å². The summed E-state index contributed by atoms with van der Waals surface area (Å²) in [5, 5.41) is 4.56. The monoisotopic (exact) mass is 469 g/mol. The summed E-state index contributed by atoms with van der Waals surface area (Å²) >= 11 is 6.62. The molecule has 0 radical (unpaired) electrons. The number of rotatable bonds is 5. The Labute approximate surface area is 190 Å². The Bertz CT molecular complexity index is 1340. The molecule has 0 saturated heterocycles. The molecule has 9 heteroatoms. The van der Waals surface area contributed by atoms with E-state index in [0.717, 1.165) is 5.56 Å². The van der Waals surface area contributed by atoms with Crippen LogP contribution in [0.25, 0.3) is 22.0 Å². The van der Waals surface area contributed by atoms with E-state index in [9.17, 15) is 4.57 Å². The molecule has 164 valence electrons. The molecule has 0 aliphatic heterocycles. The first-order valence-electron chi connectivity index (χ1n) is 9.98. The van der Waals surface area contributed by atoms with Crippen molar-refractivity contribution in [1.82, 2.24) is 19.9 Å². The fraction of sp³-hybridized carbons (Fsp3) is 0.217. The van der Waals surface area contributed by atoms with E-state index in [2.05, 4.69) is 25.3 Å². The second-order valence-electron chi connectivity index (χ2n) is 8.03. The zero-order chi connectivity index (χ0) is 23.0. The lowest BCUT2D eigenvalue weighted by molar-refractivity contribution is 0.588. The molecular formula is C23H22ClFN5OP. The standard InChI is InChI=1S/C23H22ClFN5OP/c1-13(16-9-26-12-27-10-16)30-23-18-7-17(15-5-6-21(28-11-15)32(3,4)31)19(25)8-20(18)29-14(2)22(23)24/h5-13H,1-4H3,(H,29,30)/t13-/m1/s1. The predicted octanol–water partition coefficient (Wildman–Crippen LogP) is 5.61. The number of benzene rings is 1. The highest BCUT2D eigenvalue weighted by atomic mass is 35.5. The van der Waals surface area contributed by atoms with Crippen molar-refractivity contribution in [1.29, 1.82) is 0 Å². The van der Waals surface area contributed by atoms with Gasteiger partial charge < -0.3 is 9.88 Å². The molecule has 4 aromatic rings. The van der Waals surface area contributed by atoms with Crippen LogP contribution < -0.4 is 10.8 Å². The maximum absolute atomic E-state index is 15.0. The highest BCUT2D eigenvalue weighted by molar-refractivity contribution is 7.69. The average Bonchev–Trinajstić information content (AvgIpc) is 2.76. The molecule has 4 rings (SSSR count). The third-order valence-electron chi connectivity index (χ3n) is 5.23. The van der Waals surface area contributed by atoms with Crippen molar-refractivity contribution in [2.24, 2.45) is 0 Å². The maximum atomic E-state index is 15.0. The average molecular weight is 470 g/mol. The van der Waals surface area contributed by atoms with Crippen LogP contribution >= 0.6 is 18.7 Å². The van der Waals surface area contributed by atoms with Crippen LogP contribution in [-0.2, 0) is 4.57 Å². The van der Waals surface area contributed by atoms with E-state index >= 15 is 4.39 Å². The number of halogens is 2. The zero-order valence-electron chi connectivity index (χ0n) is 18.1. The van der Waals surface area contributed by atoms with Gasteiger partial charge in [-0.1, -0.05) is 17.7 Å². The summed E-state index contributed by atoms with van der Waals surface area (Å²) in [4.78, 5) is 16.9. The topological polar surface area (TPSA) is 80.7 Å². The van der Waals surface area contributed by atoms with E-state index in [4.69, 9.17) is 11.6 Å². The minimum Gasteiger partial charge on any atom is -0.377 e. The highest BCUT2D eigenvalue weighted by Gasteiger charge is 2.19. The minimum atomic E-state index is -2.50. The maximum Gasteiger partial charge on any atom is 0.133 e. The minimum absolute atomic E-state index is 0.142. The molecule has 0 aliphatic rings. The van der Waals surface area contributed by atoms with Crippen LogP contribution in [0.1, 0.15) is 24.2 Å². The molecule has 0 unspecified atom stereocenters. The van der Waals surface area contributed by atoms with Gasteiger partial charge in [0.15, 0.2) is 0 Å². The number of pyridine rings is 2. The van der Waals surface area contributed by atoms with Gasteiger partial charge in [0.25, 0.3) is 0 Å². The summed E-state index contributed by atoms with van der Waals surface area (Å²) < 4.78 is 27.3. The van der Waals surface area contributed by atoms with E-state index in [1.807, 2.05) is 6.92 Å². The van der Waals surface area contributed by atoms with Crippen LogP contribution in [0.15, 0.2) is 49.2 Å². The summed E-state index contributed by atoms with van der Waals surface area (Å²) in [7, 11) is -2.50. The molecule has 6 nitrogen and oxygen atoms in total. The van der Waals surface area contributed by atoms with E-state index in [-0.39, 0.29) is 6.04 Å². The summed E-state index contributed by atoms with van der Waals surface area (Å²) in [6.45, 7) is 7.06. The van der Waals surface area contributed by atoms with Crippen LogP contribution in [0.3, 0.4) is 0 Å². The van der Waals surface area contributed by atoms with Crippen molar-refractivity contribution in [3.63, 3.8) is 0 Å². The van der Waals surface area contributed by atoms with Gasteiger partial charge in [-0.25, -0.2) is 14.4 Å². The largest absolute Gasteiger partial charge is 0.377 e. The number of nitrogens with one attached hydrogen (secondary N) is 1. The predicted molar refractivity (Wildman–Crippen MR) is 128 cm³/mol. The fourth-order valence-corrected chi connectivity index (χ4v) is 4.41. The first-order valence-corrected chi connectivity index (χ1v) is 13.0. The van der Waals surface area contributed by atoms with Gasteiger partial charge in [0.2, 0.25) is 0 Å². The Kier molecular flexibility index (Phi) is 5.97. The van der Waals surface area contributed by atoms with E-state index < -0.39 is 13.0 Å². The number of fused-ring (bicyclic) bond motifs is 1. The van der Waals surface area contributed by atoms with E-state index in [1.54, 1.807) is 57.0 Å². The van der Waals surface area contributed by atoms with Gasteiger partial charge in [-0.2, -0.15) is 0 Å². The van der Waals surface area contributed by atoms with E-state index in [1.165, 1.54) is 12.4 Å². The Hall–Kier alpha value is -2.89. The normalized spacial score (nSPS) is 12.7. The quantitative estimate of drug-likeness (QED) is 0.383. The van der Waals surface area contributed by atoms with Crippen molar-refractivity contribution in [3.8, 4) is 11.1 Å². The van der Waals surface area contributed by atoms with Crippen LogP contribution in [-0.4, -0.2) is 33.3 Å². The van der Waals surface area contributed by atoms with Crippen molar-refractivity contribution in [2.45, 2.75) is 19.9 Å².